The van der Waals surface area contributed by atoms with Crippen LogP contribution < -0.4 is 0 Å². The van der Waals surface area contributed by atoms with E-state index >= 15 is 0 Å². The second-order valence-corrected chi connectivity index (χ2v) is 3.77. The maximum Gasteiger partial charge on any atom is 0.374 e. The molecule has 3 rings (SSSR count). The van der Waals surface area contributed by atoms with E-state index in [2.05, 4.69) is 20.0 Å². The predicted molar refractivity (Wildman–Crippen MR) is 63.8 cm³/mol. The van der Waals surface area contributed by atoms with Gasteiger partial charge in [0.2, 0.25) is 5.76 Å². The van der Waals surface area contributed by atoms with Crippen molar-refractivity contribution >= 4 is 5.97 Å². The molecule has 0 aliphatic carbocycles. The van der Waals surface area contributed by atoms with Crippen LogP contribution in [0.15, 0.2) is 47.1 Å². The van der Waals surface area contributed by atoms with Crippen LogP contribution >= 0.6 is 0 Å². The molecule has 2 aromatic heterocycles. The summed E-state index contributed by atoms with van der Waals surface area (Å²) in [4.78, 5) is 10.7. The molecule has 0 atom stereocenters. The highest BCUT2D eigenvalue weighted by molar-refractivity contribution is 5.85. The zero-order valence-corrected chi connectivity index (χ0v) is 9.59. The minimum Gasteiger partial charge on any atom is -0.475 e. The van der Waals surface area contributed by atoms with Crippen LogP contribution in [-0.2, 0) is 0 Å². The van der Waals surface area contributed by atoms with E-state index in [1.807, 2.05) is 30.3 Å². The van der Waals surface area contributed by atoms with Gasteiger partial charge in [-0.2, -0.15) is 0 Å². The van der Waals surface area contributed by atoms with E-state index in [1.165, 1.54) is 6.07 Å². The van der Waals surface area contributed by atoms with Crippen LogP contribution in [-0.4, -0.2) is 31.2 Å². The van der Waals surface area contributed by atoms with Gasteiger partial charge in [0.05, 0.1) is 11.9 Å². The fourth-order valence-electron chi connectivity index (χ4n) is 1.58. The van der Waals surface area contributed by atoms with Crippen LogP contribution in [0.3, 0.4) is 0 Å². The summed E-state index contributed by atoms with van der Waals surface area (Å²) < 4.78 is 6.24. The number of para-hydroxylation sites is 1. The number of hydrogen-bond acceptors (Lipinski definition) is 5. The summed E-state index contributed by atoms with van der Waals surface area (Å²) in [6, 6.07) is 10.7. The maximum absolute atomic E-state index is 10.7. The molecule has 19 heavy (non-hydrogen) atoms. The molecule has 0 aliphatic rings. The fourth-order valence-corrected chi connectivity index (χ4v) is 1.58. The van der Waals surface area contributed by atoms with Gasteiger partial charge in [0.1, 0.15) is 11.4 Å². The molecule has 2 heterocycles. The monoisotopic (exact) mass is 256 g/mol. The summed E-state index contributed by atoms with van der Waals surface area (Å²) in [5, 5.41) is 20.3. The van der Waals surface area contributed by atoms with Crippen molar-refractivity contribution < 1.29 is 14.4 Å². The molecular weight excluding hydrogens is 248 g/mol. The number of aromatic carboxylic acids is 1. The van der Waals surface area contributed by atoms with Gasteiger partial charge in [0, 0.05) is 6.07 Å². The summed E-state index contributed by atoms with van der Waals surface area (Å²) in [6.07, 6.45) is 1.65. The van der Waals surface area contributed by atoms with Gasteiger partial charge in [0.15, 0.2) is 0 Å². The van der Waals surface area contributed by atoms with Crippen molar-refractivity contribution in [2.24, 2.45) is 0 Å². The van der Waals surface area contributed by atoms with Gasteiger partial charge in [-0.3, -0.25) is 0 Å². The first kappa shape index (κ1) is 11.1. The quantitative estimate of drug-likeness (QED) is 0.765. The average molecular weight is 256 g/mol. The second-order valence-electron chi connectivity index (χ2n) is 3.77. The molecule has 0 unspecified atom stereocenters. The highest BCUT2D eigenvalue weighted by Gasteiger charge is 2.14. The summed E-state index contributed by atoms with van der Waals surface area (Å²) in [5.41, 5.74) is 1.63. The van der Waals surface area contributed by atoms with E-state index in [9.17, 15) is 4.79 Å². The highest BCUT2D eigenvalue weighted by Crippen LogP contribution is 2.17. The summed E-state index contributed by atoms with van der Waals surface area (Å²) in [5.74, 6) is -1.40. The topological polar surface area (TPSA) is 94.0 Å². The van der Waals surface area contributed by atoms with Gasteiger partial charge in [-0.15, -0.1) is 5.10 Å². The van der Waals surface area contributed by atoms with E-state index in [-0.39, 0.29) is 5.76 Å². The maximum atomic E-state index is 10.7. The first-order valence-electron chi connectivity index (χ1n) is 5.42. The van der Waals surface area contributed by atoms with Crippen LogP contribution in [0.4, 0.5) is 0 Å². The molecule has 0 aliphatic heterocycles. The number of aromatic nitrogens is 4. The Bertz CT molecular complexity index is 717. The van der Waals surface area contributed by atoms with E-state index in [0.29, 0.717) is 11.4 Å². The molecule has 0 amide bonds. The molecular formula is C12H8N4O3. The molecule has 0 radical (unpaired) electrons. The largest absolute Gasteiger partial charge is 0.475 e. The Labute approximate surface area is 107 Å². The van der Waals surface area contributed by atoms with Gasteiger partial charge in [-0.25, -0.2) is 9.48 Å². The lowest BCUT2D eigenvalue weighted by molar-refractivity contribution is 0.0652. The third kappa shape index (κ3) is 2.08. The van der Waals surface area contributed by atoms with Gasteiger partial charge >= 0.3 is 5.97 Å². The number of rotatable bonds is 3. The lowest BCUT2D eigenvalue weighted by atomic mass is 10.3. The minimum absolute atomic E-state index is 0.232. The normalized spacial score (nSPS) is 10.5. The number of carboxylic acid groups (broad SMARTS) is 1. The Hall–Kier alpha value is -2.96. The Balaban J connectivity index is 1.94. The van der Waals surface area contributed by atoms with Gasteiger partial charge in [-0.05, 0) is 12.1 Å². The number of nitrogens with zero attached hydrogens (tertiary/aromatic N) is 4. The predicted octanol–water partition coefficient (Wildman–Crippen LogP) is 1.62. The standard InChI is InChI=1S/C12H8N4O3/c17-12(18)11-6-9(14-19-11)10-7-16(15-13-10)8-4-2-1-3-5-8/h1-7H,(H,17,18). The van der Waals surface area contributed by atoms with Crippen molar-refractivity contribution in [2.45, 2.75) is 0 Å². The summed E-state index contributed by atoms with van der Waals surface area (Å²) in [7, 11) is 0. The molecule has 0 spiro atoms. The molecule has 0 fully saturated rings. The van der Waals surface area contributed by atoms with E-state index < -0.39 is 5.97 Å². The van der Waals surface area contributed by atoms with E-state index in [0.717, 1.165) is 5.69 Å². The molecule has 1 aromatic carbocycles. The molecule has 3 aromatic rings. The van der Waals surface area contributed by atoms with Crippen molar-refractivity contribution in [2.75, 3.05) is 0 Å². The molecule has 0 bridgehead atoms. The van der Waals surface area contributed by atoms with E-state index in [1.54, 1.807) is 10.9 Å². The molecule has 1 N–H and O–H groups in total. The Kier molecular flexibility index (Phi) is 2.57. The van der Waals surface area contributed by atoms with Crippen molar-refractivity contribution in [3.8, 4) is 17.1 Å². The van der Waals surface area contributed by atoms with Gasteiger partial charge in [0.25, 0.3) is 0 Å². The Morgan fingerprint density at radius 1 is 1.21 bits per heavy atom. The SMILES string of the molecule is O=C(O)c1cc(-c2cn(-c3ccccc3)nn2)no1. The Morgan fingerprint density at radius 2 is 2.00 bits per heavy atom. The summed E-state index contributed by atoms with van der Waals surface area (Å²) in [6.45, 7) is 0. The zero-order chi connectivity index (χ0) is 13.2. The average Bonchev–Trinajstić information content (AvgIpc) is 3.09. The van der Waals surface area contributed by atoms with Crippen LogP contribution in [0.25, 0.3) is 17.1 Å². The smallest absolute Gasteiger partial charge is 0.374 e. The zero-order valence-electron chi connectivity index (χ0n) is 9.59. The highest BCUT2D eigenvalue weighted by atomic mass is 16.5. The lowest BCUT2D eigenvalue weighted by Gasteiger charge is -1.96. The third-order valence-corrected chi connectivity index (χ3v) is 2.50. The van der Waals surface area contributed by atoms with E-state index in [4.69, 9.17) is 5.11 Å². The number of hydrogen-bond donors (Lipinski definition) is 1. The first-order chi connectivity index (χ1) is 9.24. The fraction of sp³-hybridized carbons (Fsp3) is 0. The summed E-state index contributed by atoms with van der Waals surface area (Å²) >= 11 is 0. The molecule has 7 nitrogen and oxygen atoms in total. The number of carboxylic acids is 1. The third-order valence-electron chi connectivity index (χ3n) is 2.50. The van der Waals surface area contributed by atoms with Crippen molar-refractivity contribution in [1.29, 1.82) is 0 Å². The van der Waals surface area contributed by atoms with Crippen LogP contribution in [0, 0.1) is 0 Å². The number of carbonyl (C=O) groups is 1. The first-order valence-corrected chi connectivity index (χ1v) is 5.42. The van der Waals surface area contributed by atoms with Gasteiger partial charge < -0.3 is 9.63 Å². The van der Waals surface area contributed by atoms with Crippen LogP contribution in [0.2, 0.25) is 0 Å². The Morgan fingerprint density at radius 3 is 2.68 bits per heavy atom. The lowest BCUT2D eigenvalue weighted by Crippen LogP contribution is -1.93. The second kappa shape index (κ2) is 4.37. The minimum atomic E-state index is -1.17. The number of benzene rings is 1. The van der Waals surface area contributed by atoms with Crippen LogP contribution in [0.5, 0.6) is 0 Å². The molecule has 7 heteroatoms. The van der Waals surface area contributed by atoms with Gasteiger partial charge in [-0.1, -0.05) is 28.6 Å². The van der Waals surface area contributed by atoms with Crippen molar-refractivity contribution in [1.82, 2.24) is 20.2 Å². The van der Waals surface area contributed by atoms with Crippen molar-refractivity contribution in [3.63, 3.8) is 0 Å². The molecule has 0 saturated heterocycles. The molecule has 0 saturated carbocycles. The van der Waals surface area contributed by atoms with Crippen molar-refractivity contribution in [3.05, 3.63) is 48.4 Å². The van der Waals surface area contributed by atoms with Crippen LogP contribution in [0.1, 0.15) is 10.6 Å². The molecule has 94 valence electrons.